The zero-order chi connectivity index (χ0) is 5.82. The van der Waals surface area contributed by atoms with Crippen LogP contribution in [0, 0.1) is 6.07 Å². The van der Waals surface area contributed by atoms with Gasteiger partial charge in [0, 0.05) is 0 Å². The van der Waals surface area contributed by atoms with Gasteiger partial charge in [0.15, 0.2) is 0 Å². The molecule has 1 heteroatoms. The average Bonchev–Trinajstić information content (AvgIpc) is 1.90. The van der Waals surface area contributed by atoms with Crippen molar-refractivity contribution in [3.63, 3.8) is 0 Å². The topological polar surface area (TPSA) is 0 Å². The van der Waals surface area contributed by atoms with Gasteiger partial charge in [-0.1, -0.05) is 6.08 Å². The van der Waals surface area contributed by atoms with E-state index < -0.39 is 0 Å². The van der Waals surface area contributed by atoms with Crippen molar-refractivity contribution in [2.75, 3.05) is 0 Å². The van der Waals surface area contributed by atoms with Crippen LogP contribution in [0.5, 0.6) is 0 Å². The Labute approximate surface area is 77.9 Å². The second kappa shape index (κ2) is 4.80. The molecule has 0 aliphatic carbocycles. The van der Waals surface area contributed by atoms with Crippen molar-refractivity contribution in [3.8, 4) is 0 Å². The maximum absolute atomic E-state index is 3.62. The van der Waals surface area contributed by atoms with Gasteiger partial charge in [0.05, 0.1) is 0 Å². The molecule has 0 saturated carbocycles. The predicted molar refractivity (Wildman–Crippen MR) is 35.4 cm³/mol. The SMILES string of the molecule is C=Cc1cc[c-]cc1.[Na+]. The molecule has 0 spiro atoms. The molecule has 0 fully saturated rings. The monoisotopic (exact) mass is 126 g/mol. The third kappa shape index (κ3) is 2.85. The van der Waals surface area contributed by atoms with Gasteiger partial charge >= 0.3 is 29.6 Å². The van der Waals surface area contributed by atoms with Crippen molar-refractivity contribution < 1.29 is 29.6 Å². The first-order valence-electron chi connectivity index (χ1n) is 2.52. The molecule has 0 nitrogen and oxygen atoms in total. The zero-order valence-electron chi connectivity index (χ0n) is 5.59. The molecule has 0 amide bonds. The number of hydrogen-bond donors (Lipinski definition) is 0. The standard InChI is InChI=1S/C8H7.Na/c1-2-8-6-4-3-5-7-8;/h2,4-7H,1H2;/q-1;+1. The number of rotatable bonds is 1. The molecule has 0 unspecified atom stereocenters. The number of hydrogen-bond acceptors (Lipinski definition) is 0. The third-order valence-electron chi connectivity index (χ3n) is 0.980. The van der Waals surface area contributed by atoms with Crippen molar-refractivity contribution in [2.24, 2.45) is 0 Å². The Balaban J connectivity index is 0.000000640. The Morgan fingerprint density at radius 3 is 2.22 bits per heavy atom. The van der Waals surface area contributed by atoms with Crippen LogP contribution in [-0.4, -0.2) is 0 Å². The van der Waals surface area contributed by atoms with Crippen LogP contribution in [0.25, 0.3) is 6.08 Å². The van der Waals surface area contributed by atoms with Crippen LogP contribution < -0.4 is 29.6 Å². The smallest absolute Gasteiger partial charge is 0.184 e. The van der Waals surface area contributed by atoms with Crippen LogP contribution in [0.15, 0.2) is 30.8 Å². The minimum absolute atomic E-state index is 0. The molecule has 9 heavy (non-hydrogen) atoms. The van der Waals surface area contributed by atoms with Crippen molar-refractivity contribution >= 4 is 6.08 Å². The molecular weight excluding hydrogens is 119 g/mol. The van der Waals surface area contributed by atoms with E-state index in [1.807, 2.05) is 30.3 Å². The van der Waals surface area contributed by atoms with E-state index in [1.165, 1.54) is 0 Å². The largest absolute Gasteiger partial charge is 1.00 e. The van der Waals surface area contributed by atoms with E-state index in [-0.39, 0.29) is 29.6 Å². The zero-order valence-corrected chi connectivity index (χ0v) is 7.59. The van der Waals surface area contributed by atoms with Crippen molar-refractivity contribution in [1.29, 1.82) is 0 Å². The van der Waals surface area contributed by atoms with Crippen LogP contribution in [0.4, 0.5) is 0 Å². The molecule has 0 N–H and O–H groups in total. The van der Waals surface area contributed by atoms with Gasteiger partial charge < -0.3 is 0 Å². The molecule has 1 aromatic rings. The first kappa shape index (κ1) is 8.96. The van der Waals surface area contributed by atoms with Gasteiger partial charge in [-0.2, -0.15) is 30.3 Å². The molecule has 0 radical (unpaired) electrons. The number of benzene rings is 1. The van der Waals surface area contributed by atoms with Gasteiger partial charge in [0.1, 0.15) is 0 Å². The summed E-state index contributed by atoms with van der Waals surface area (Å²) in [6.45, 7) is 3.62. The molecule has 0 atom stereocenters. The summed E-state index contributed by atoms with van der Waals surface area (Å²) in [4.78, 5) is 0. The molecule has 0 bridgehead atoms. The molecule has 0 aliphatic rings. The minimum Gasteiger partial charge on any atom is -0.184 e. The first-order valence-corrected chi connectivity index (χ1v) is 2.52. The Hall–Kier alpha value is -0.0400. The molecule has 1 rings (SSSR count). The Morgan fingerprint density at radius 1 is 1.33 bits per heavy atom. The molecule has 0 aromatic heterocycles. The van der Waals surface area contributed by atoms with Gasteiger partial charge in [-0.05, 0) is 0 Å². The Bertz CT molecular complexity index is 167. The molecule has 0 aliphatic heterocycles. The average molecular weight is 126 g/mol. The molecule has 40 valence electrons. The summed E-state index contributed by atoms with van der Waals surface area (Å²) in [7, 11) is 0. The van der Waals surface area contributed by atoms with Crippen LogP contribution >= 0.6 is 0 Å². The molecule has 1 aromatic carbocycles. The second-order valence-corrected chi connectivity index (χ2v) is 1.54. The fraction of sp³-hybridized carbons (Fsp3) is 0. The van der Waals surface area contributed by atoms with Crippen LogP contribution in [0.3, 0.4) is 0 Å². The summed E-state index contributed by atoms with van der Waals surface area (Å²) in [5, 5.41) is 0. The van der Waals surface area contributed by atoms with E-state index in [2.05, 4.69) is 12.6 Å². The van der Waals surface area contributed by atoms with E-state index in [0.29, 0.717) is 0 Å². The van der Waals surface area contributed by atoms with Gasteiger partial charge in [0.25, 0.3) is 0 Å². The van der Waals surface area contributed by atoms with E-state index >= 15 is 0 Å². The summed E-state index contributed by atoms with van der Waals surface area (Å²) in [5.41, 5.74) is 1.14. The molecule has 0 saturated heterocycles. The van der Waals surface area contributed by atoms with Gasteiger partial charge in [0.2, 0.25) is 0 Å². The van der Waals surface area contributed by atoms with E-state index in [9.17, 15) is 0 Å². The maximum Gasteiger partial charge on any atom is 1.00 e. The van der Waals surface area contributed by atoms with E-state index in [0.717, 1.165) is 5.56 Å². The normalized spacial score (nSPS) is 7.56. The van der Waals surface area contributed by atoms with Gasteiger partial charge in [-0.3, -0.25) is 0 Å². The second-order valence-electron chi connectivity index (χ2n) is 1.54. The quantitative estimate of drug-likeness (QED) is 0.339. The van der Waals surface area contributed by atoms with Crippen LogP contribution in [0.2, 0.25) is 0 Å². The van der Waals surface area contributed by atoms with Crippen molar-refractivity contribution in [2.45, 2.75) is 0 Å². The van der Waals surface area contributed by atoms with Crippen LogP contribution in [-0.2, 0) is 0 Å². The van der Waals surface area contributed by atoms with Crippen molar-refractivity contribution in [1.82, 2.24) is 0 Å². The summed E-state index contributed by atoms with van der Waals surface area (Å²) >= 11 is 0. The molecular formula is C8H7Na. The van der Waals surface area contributed by atoms with Gasteiger partial charge in [-0.15, -0.1) is 12.1 Å². The first-order chi connectivity index (χ1) is 3.93. The summed E-state index contributed by atoms with van der Waals surface area (Å²) in [6, 6.07) is 10.6. The van der Waals surface area contributed by atoms with E-state index in [4.69, 9.17) is 0 Å². The van der Waals surface area contributed by atoms with Crippen LogP contribution in [0.1, 0.15) is 5.56 Å². The Morgan fingerprint density at radius 2 is 1.89 bits per heavy atom. The van der Waals surface area contributed by atoms with E-state index in [1.54, 1.807) is 0 Å². The summed E-state index contributed by atoms with van der Waals surface area (Å²) in [6.07, 6.45) is 1.81. The summed E-state index contributed by atoms with van der Waals surface area (Å²) < 4.78 is 0. The van der Waals surface area contributed by atoms with Crippen molar-refractivity contribution in [3.05, 3.63) is 42.5 Å². The van der Waals surface area contributed by atoms with Gasteiger partial charge in [-0.25, -0.2) is 0 Å². The minimum atomic E-state index is 0. The fourth-order valence-corrected chi connectivity index (χ4v) is 0.536. The maximum atomic E-state index is 3.62. The molecule has 0 heterocycles. The Kier molecular flexibility index (Phi) is 4.78. The predicted octanol–water partition coefficient (Wildman–Crippen LogP) is -0.866. The fourth-order valence-electron chi connectivity index (χ4n) is 0.536. The summed E-state index contributed by atoms with van der Waals surface area (Å²) in [5.74, 6) is 0. The third-order valence-corrected chi connectivity index (χ3v) is 0.980.